The summed E-state index contributed by atoms with van der Waals surface area (Å²) in [6.07, 6.45) is 0. The highest BCUT2D eigenvalue weighted by atomic mass is 16.6. The summed E-state index contributed by atoms with van der Waals surface area (Å²) < 4.78 is 22.1. The minimum absolute atomic E-state index is 0.240. The van der Waals surface area contributed by atoms with E-state index in [-0.39, 0.29) is 11.6 Å². The van der Waals surface area contributed by atoms with Crippen molar-refractivity contribution in [3.63, 3.8) is 0 Å². The second-order valence-corrected chi connectivity index (χ2v) is 7.18. The van der Waals surface area contributed by atoms with Gasteiger partial charge in [-0.1, -0.05) is 36.4 Å². The monoisotopic (exact) mass is 433 g/mol. The van der Waals surface area contributed by atoms with Crippen molar-refractivity contribution < 1.29 is 28.5 Å². The van der Waals surface area contributed by atoms with E-state index in [4.69, 9.17) is 18.9 Å². The lowest BCUT2D eigenvalue weighted by Crippen LogP contribution is -2.31. The van der Waals surface area contributed by atoms with Gasteiger partial charge in [-0.25, -0.2) is 4.79 Å². The van der Waals surface area contributed by atoms with Gasteiger partial charge in [0, 0.05) is 0 Å². The van der Waals surface area contributed by atoms with Crippen LogP contribution in [0.2, 0.25) is 0 Å². The summed E-state index contributed by atoms with van der Waals surface area (Å²) in [7, 11) is 0. The van der Waals surface area contributed by atoms with Crippen LogP contribution in [0.5, 0.6) is 23.0 Å². The van der Waals surface area contributed by atoms with Gasteiger partial charge >= 0.3 is 5.97 Å². The van der Waals surface area contributed by atoms with E-state index in [9.17, 15) is 9.59 Å². The molecule has 164 valence electrons. The minimum Gasteiger partial charge on any atom is -0.486 e. The molecule has 7 nitrogen and oxygen atoms in total. The number of amides is 1. The van der Waals surface area contributed by atoms with Gasteiger partial charge in [0.2, 0.25) is 0 Å². The number of carbonyl (C=O) groups is 2. The van der Waals surface area contributed by atoms with E-state index >= 15 is 0 Å². The molecule has 1 N–H and O–H groups in total. The van der Waals surface area contributed by atoms with E-state index in [1.807, 2.05) is 43.3 Å². The fourth-order valence-corrected chi connectivity index (χ4v) is 3.24. The molecule has 0 saturated heterocycles. The Morgan fingerprint density at radius 1 is 0.938 bits per heavy atom. The summed E-state index contributed by atoms with van der Waals surface area (Å²) >= 11 is 0. The van der Waals surface area contributed by atoms with Gasteiger partial charge in [0.25, 0.3) is 5.91 Å². The van der Waals surface area contributed by atoms with E-state index in [1.165, 1.54) is 0 Å². The molecule has 7 heteroatoms. The van der Waals surface area contributed by atoms with E-state index < -0.39 is 18.5 Å². The maximum Gasteiger partial charge on any atom is 0.342 e. The third-order valence-electron chi connectivity index (χ3n) is 4.86. The number of rotatable bonds is 7. The fourth-order valence-electron chi connectivity index (χ4n) is 3.24. The van der Waals surface area contributed by atoms with E-state index in [0.29, 0.717) is 36.2 Å². The molecule has 0 radical (unpaired) electrons. The van der Waals surface area contributed by atoms with Crippen molar-refractivity contribution in [2.24, 2.45) is 0 Å². The number of hydrogen-bond acceptors (Lipinski definition) is 6. The lowest BCUT2D eigenvalue weighted by atomic mass is 10.1. The van der Waals surface area contributed by atoms with Crippen LogP contribution in [0, 0.1) is 0 Å². The molecule has 1 amide bonds. The third-order valence-corrected chi connectivity index (χ3v) is 4.86. The number of hydrogen-bond donors (Lipinski definition) is 1. The molecule has 0 saturated carbocycles. The predicted octanol–water partition coefficient (Wildman–Crippen LogP) is 4.28. The highest BCUT2D eigenvalue weighted by molar-refractivity contribution is 5.94. The van der Waals surface area contributed by atoms with Crippen LogP contribution in [0.1, 0.15) is 28.9 Å². The van der Waals surface area contributed by atoms with Crippen molar-refractivity contribution in [3.8, 4) is 23.0 Å². The first kappa shape index (κ1) is 21.2. The molecule has 4 rings (SSSR count). The van der Waals surface area contributed by atoms with Crippen LogP contribution in [0.25, 0.3) is 0 Å². The largest absolute Gasteiger partial charge is 0.486 e. The second kappa shape index (κ2) is 9.87. The van der Waals surface area contributed by atoms with E-state index in [1.54, 1.807) is 36.4 Å². The Labute approximate surface area is 185 Å². The summed E-state index contributed by atoms with van der Waals surface area (Å²) in [4.78, 5) is 24.9. The highest BCUT2D eigenvalue weighted by Crippen LogP contribution is 2.32. The number of esters is 1. The zero-order valence-electron chi connectivity index (χ0n) is 17.6. The molecule has 1 unspecified atom stereocenters. The number of ether oxygens (including phenoxy) is 4. The molecule has 3 aromatic carbocycles. The average Bonchev–Trinajstić information content (AvgIpc) is 2.83. The summed E-state index contributed by atoms with van der Waals surface area (Å²) in [6, 6.07) is 21.1. The maximum absolute atomic E-state index is 12.6. The topological polar surface area (TPSA) is 83.1 Å². The molecule has 0 bridgehead atoms. The number of carbonyl (C=O) groups excluding carboxylic acids is 2. The molecule has 0 aliphatic carbocycles. The van der Waals surface area contributed by atoms with Crippen LogP contribution < -0.4 is 19.5 Å². The maximum atomic E-state index is 12.6. The summed E-state index contributed by atoms with van der Waals surface area (Å²) in [6.45, 7) is 2.44. The molecule has 1 heterocycles. The molecule has 0 fully saturated rings. The lowest BCUT2D eigenvalue weighted by Gasteiger charge is -2.21. The van der Waals surface area contributed by atoms with Gasteiger partial charge in [-0.3, -0.25) is 4.79 Å². The van der Waals surface area contributed by atoms with Gasteiger partial charge in [-0.15, -0.1) is 0 Å². The molecule has 0 aromatic heterocycles. The highest BCUT2D eigenvalue weighted by Gasteiger charge is 2.18. The number of nitrogens with one attached hydrogen (secondary N) is 1. The van der Waals surface area contributed by atoms with Crippen molar-refractivity contribution >= 4 is 11.9 Å². The summed E-state index contributed by atoms with van der Waals surface area (Å²) in [5, 5.41) is 2.82. The van der Waals surface area contributed by atoms with Crippen molar-refractivity contribution in [2.45, 2.75) is 13.0 Å². The van der Waals surface area contributed by atoms with Crippen molar-refractivity contribution in [1.29, 1.82) is 0 Å². The Kier molecular flexibility index (Phi) is 6.55. The Bertz CT molecular complexity index is 1100. The van der Waals surface area contributed by atoms with Crippen LogP contribution in [-0.4, -0.2) is 31.7 Å². The molecular weight excluding hydrogens is 410 g/mol. The van der Waals surface area contributed by atoms with Crippen LogP contribution in [0.15, 0.2) is 72.8 Å². The zero-order valence-corrected chi connectivity index (χ0v) is 17.6. The van der Waals surface area contributed by atoms with Crippen LogP contribution in [0.3, 0.4) is 0 Å². The van der Waals surface area contributed by atoms with Crippen LogP contribution >= 0.6 is 0 Å². The normalized spacial score (nSPS) is 13.0. The molecule has 1 aliphatic rings. The Morgan fingerprint density at radius 3 is 2.47 bits per heavy atom. The first-order valence-corrected chi connectivity index (χ1v) is 10.3. The van der Waals surface area contributed by atoms with E-state index in [0.717, 1.165) is 5.56 Å². The smallest absolute Gasteiger partial charge is 0.342 e. The van der Waals surface area contributed by atoms with Crippen LogP contribution in [-0.2, 0) is 9.53 Å². The SMILES string of the molecule is CC(NC(=O)COC(=O)c1ccccc1Oc1ccccc1)c1ccc2c(c1)OCCO2. The van der Waals surface area contributed by atoms with Gasteiger partial charge in [0.15, 0.2) is 18.1 Å². The fraction of sp³-hybridized carbons (Fsp3) is 0.200. The van der Waals surface area contributed by atoms with Gasteiger partial charge in [0.05, 0.1) is 6.04 Å². The third kappa shape index (κ3) is 5.18. The quantitative estimate of drug-likeness (QED) is 0.560. The molecule has 1 aliphatic heterocycles. The number of benzene rings is 3. The minimum atomic E-state index is -0.640. The molecule has 32 heavy (non-hydrogen) atoms. The Hall–Kier alpha value is -4.00. The lowest BCUT2D eigenvalue weighted by molar-refractivity contribution is -0.124. The first-order valence-electron chi connectivity index (χ1n) is 10.3. The van der Waals surface area contributed by atoms with Crippen LogP contribution in [0.4, 0.5) is 0 Å². The molecular formula is C25H23NO6. The standard InChI is InChI=1S/C25H23NO6/c1-17(18-11-12-22-23(15-18)30-14-13-29-22)26-24(27)16-31-25(28)20-9-5-6-10-21(20)32-19-7-3-2-4-8-19/h2-12,15,17H,13-14,16H2,1H3,(H,26,27). The number of para-hydroxylation sites is 2. The molecule has 3 aromatic rings. The van der Waals surface area contributed by atoms with Crippen molar-refractivity contribution in [3.05, 3.63) is 83.9 Å². The molecule has 1 atom stereocenters. The molecule has 0 spiro atoms. The van der Waals surface area contributed by atoms with Gasteiger partial charge in [0.1, 0.15) is 30.3 Å². The van der Waals surface area contributed by atoms with Gasteiger partial charge < -0.3 is 24.3 Å². The van der Waals surface area contributed by atoms with E-state index in [2.05, 4.69) is 5.32 Å². The summed E-state index contributed by atoms with van der Waals surface area (Å²) in [5.41, 5.74) is 1.10. The van der Waals surface area contributed by atoms with Crippen molar-refractivity contribution in [1.82, 2.24) is 5.32 Å². The summed E-state index contributed by atoms with van der Waals surface area (Å²) in [5.74, 6) is 1.23. The van der Waals surface area contributed by atoms with Gasteiger partial charge in [-0.2, -0.15) is 0 Å². The Balaban J connectivity index is 1.34. The Morgan fingerprint density at radius 2 is 1.66 bits per heavy atom. The first-order chi connectivity index (χ1) is 15.6. The number of fused-ring (bicyclic) bond motifs is 1. The van der Waals surface area contributed by atoms with Gasteiger partial charge in [-0.05, 0) is 48.9 Å². The predicted molar refractivity (Wildman–Crippen MR) is 117 cm³/mol. The second-order valence-electron chi connectivity index (χ2n) is 7.18. The average molecular weight is 433 g/mol. The zero-order chi connectivity index (χ0) is 22.3. The van der Waals surface area contributed by atoms with Crippen molar-refractivity contribution in [2.75, 3.05) is 19.8 Å².